The topological polar surface area (TPSA) is 47.7 Å². The van der Waals surface area contributed by atoms with Crippen LogP contribution in [0.5, 0.6) is 0 Å². The molecule has 5 heteroatoms. The Balaban J connectivity index is 2.00. The Morgan fingerprint density at radius 3 is 2.76 bits per heavy atom. The molecule has 0 unspecified atom stereocenters. The maximum absolute atomic E-state index is 13.8. The summed E-state index contributed by atoms with van der Waals surface area (Å²) in [5, 5.41) is 0. The third-order valence-electron chi connectivity index (χ3n) is 2.87. The van der Waals surface area contributed by atoms with Crippen molar-refractivity contribution in [1.82, 2.24) is 4.90 Å². The molecule has 0 saturated carbocycles. The zero-order valence-corrected chi connectivity index (χ0v) is 9.69. The second kappa shape index (κ2) is 6.07. The summed E-state index contributed by atoms with van der Waals surface area (Å²) in [6.07, 6.45) is 0. The highest BCUT2D eigenvalue weighted by molar-refractivity contribution is 5.24. The lowest BCUT2D eigenvalue weighted by atomic mass is 10.1. The summed E-state index contributed by atoms with van der Waals surface area (Å²) in [6.45, 7) is 4.01. The van der Waals surface area contributed by atoms with Crippen molar-refractivity contribution in [3.63, 3.8) is 0 Å². The molecule has 1 aromatic rings. The molecule has 2 N–H and O–H groups in total. The van der Waals surface area contributed by atoms with Crippen LogP contribution < -0.4 is 5.90 Å². The first kappa shape index (κ1) is 12.4. The number of ether oxygens (including phenoxy) is 1. The lowest BCUT2D eigenvalue weighted by Gasteiger charge is -2.26. The van der Waals surface area contributed by atoms with Gasteiger partial charge in [-0.1, -0.05) is 12.1 Å². The van der Waals surface area contributed by atoms with Gasteiger partial charge in [0.25, 0.3) is 0 Å². The van der Waals surface area contributed by atoms with E-state index in [9.17, 15) is 4.39 Å². The lowest BCUT2D eigenvalue weighted by molar-refractivity contribution is 0.0337. The van der Waals surface area contributed by atoms with E-state index >= 15 is 0 Å². The molecule has 2 rings (SSSR count). The zero-order chi connectivity index (χ0) is 12.1. The number of nitrogens with zero attached hydrogens (tertiary/aromatic N) is 1. The van der Waals surface area contributed by atoms with Gasteiger partial charge in [-0.05, 0) is 11.6 Å². The van der Waals surface area contributed by atoms with Gasteiger partial charge in [0.1, 0.15) is 5.82 Å². The molecule has 0 bridgehead atoms. The standard InChI is InChI=1S/C12H17FN2O2/c13-12-7-10(9-17-14)1-2-11(12)8-15-3-5-16-6-4-15/h1-2,7H,3-6,8-9,14H2. The summed E-state index contributed by atoms with van der Waals surface area (Å²) in [5.41, 5.74) is 1.45. The van der Waals surface area contributed by atoms with Crippen LogP contribution in [-0.2, 0) is 22.7 Å². The average molecular weight is 240 g/mol. The van der Waals surface area contributed by atoms with Gasteiger partial charge in [0.05, 0.1) is 19.8 Å². The van der Waals surface area contributed by atoms with E-state index in [4.69, 9.17) is 10.6 Å². The van der Waals surface area contributed by atoms with Crippen LogP contribution in [0.4, 0.5) is 4.39 Å². The Hall–Kier alpha value is -1.01. The van der Waals surface area contributed by atoms with Gasteiger partial charge in [0.15, 0.2) is 0 Å². The van der Waals surface area contributed by atoms with Crippen LogP contribution >= 0.6 is 0 Å². The van der Waals surface area contributed by atoms with Crippen molar-refractivity contribution in [2.75, 3.05) is 26.3 Å². The van der Waals surface area contributed by atoms with E-state index in [0.717, 1.165) is 31.9 Å². The quantitative estimate of drug-likeness (QED) is 0.799. The van der Waals surface area contributed by atoms with E-state index < -0.39 is 0 Å². The minimum Gasteiger partial charge on any atom is -0.379 e. The number of hydrogen-bond donors (Lipinski definition) is 1. The minimum absolute atomic E-state index is 0.203. The van der Waals surface area contributed by atoms with Crippen molar-refractivity contribution < 1.29 is 14.0 Å². The Labute approximate surface area is 100 Å². The number of nitrogens with two attached hydrogens (primary N) is 1. The van der Waals surface area contributed by atoms with Crippen LogP contribution in [0.25, 0.3) is 0 Å². The van der Waals surface area contributed by atoms with Gasteiger partial charge >= 0.3 is 0 Å². The predicted octanol–water partition coefficient (Wildman–Crippen LogP) is 1.05. The normalized spacial score (nSPS) is 17.3. The van der Waals surface area contributed by atoms with Crippen molar-refractivity contribution in [3.8, 4) is 0 Å². The number of hydrogen-bond acceptors (Lipinski definition) is 4. The molecular weight excluding hydrogens is 223 g/mol. The maximum atomic E-state index is 13.8. The van der Waals surface area contributed by atoms with Crippen molar-refractivity contribution in [2.45, 2.75) is 13.2 Å². The van der Waals surface area contributed by atoms with E-state index in [1.165, 1.54) is 6.07 Å². The molecule has 1 saturated heterocycles. The van der Waals surface area contributed by atoms with Gasteiger partial charge in [-0.15, -0.1) is 0 Å². The van der Waals surface area contributed by atoms with Crippen LogP contribution in [0.15, 0.2) is 18.2 Å². The third kappa shape index (κ3) is 3.47. The van der Waals surface area contributed by atoms with Crippen molar-refractivity contribution in [3.05, 3.63) is 35.1 Å². The maximum Gasteiger partial charge on any atom is 0.128 e. The van der Waals surface area contributed by atoms with Gasteiger partial charge in [-0.25, -0.2) is 10.3 Å². The van der Waals surface area contributed by atoms with Gasteiger partial charge in [0.2, 0.25) is 0 Å². The van der Waals surface area contributed by atoms with Gasteiger partial charge in [-0.3, -0.25) is 9.74 Å². The molecule has 0 atom stereocenters. The molecule has 1 aromatic carbocycles. The molecule has 1 aliphatic heterocycles. The van der Waals surface area contributed by atoms with Crippen LogP contribution in [-0.4, -0.2) is 31.2 Å². The highest BCUT2D eigenvalue weighted by atomic mass is 19.1. The Kier molecular flexibility index (Phi) is 4.44. The molecule has 1 fully saturated rings. The summed E-state index contributed by atoms with van der Waals surface area (Å²) in [6, 6.07) is 5.10. The van der Waals surface area contributed by atoms with E-state index in [1.807, 2.05) is 6.07 Å². The lowest BCUT2D eigenvalue weighted by Crippen LogP contribution is -2.35. The zero-order valence-electron chi connectivity index (χ0n) is 9.69. The van der Waals surface area contributed by atoms with E-state index in [-0.39, 0.29) is 12.4 Å². The van der Waals surface area contributed by atoms with Gasteiger partial charge < -0.3 is 4.74 Å². The molecule has 0 aliphatic carbocycles. The van der Waals surface area contributed by atoms with Gasteiger partial charge in [0, 0.05) is 25.2 Å². The number of morpholine rings is 1. The summed E-state index contributed by atoms with van der Waals surface area (Å²) in [5.74, 6) is 4.75. The SMILES string of the molecule is NOCc1ccc(CN2CCOCC2)c(F)c1. The summed E-state index contributed by atoms with van der Waals surface area (Å²) >= 11 is 0. The smallest absolute Gasteiger partial charge is 0.128 e. The average Bonchev–Trinajstić information content (AvgIpc) is 2.34. The number of benzene rings is 1. The minimum atomic E-state index is -0.203. The molecule has 0 spiro atoms. The van der Waals surface area contributed by atoms with Crippen molar-refractivity contribution in [2.24, 2.45) is 5.90 Å². The summed E-state index contributed by atoms with van der Waals surface area (Å²) in [4.78, 5) is 6.66. The Bertz CT molecular complexity index is 368. The van der Waals surface area contributed by atoms with Crippen molar-refractivity contribution in [1.29, 1.82) is 0 Å². The molecule has 4 nitrogen and oxygen atoms in total. The molecule has 0 radical (unpaired) electrons. The first-order chi connectivity index (χ1) is 8.29. The van der Waals surface area contributed by atoms with Crippen LogP contribution in [0.1, 0.15) is 11.1 Å². The molecular formula is C12H17FN2O2. The molecule has 17 heavy (non-hydrogen) atoms. The van der Waals surface area contributed by atoms with Crippen molar-refractivity contribution >= 4 is 0 Å². The first-order valence-electron chi connectivity index (χ1n) is 5.68. The monoisotopic (exact) mass is 240 g/mol. The fourth-order valence-electron chi connectivity index (χ4n) is 1.91. The molecule has 1 aliphatic rings. The van der Waals surface area contributed by atoms with E-state index in [1.54, 1.807) is 6.07 Å². The highest BCUT2D eigenvalue weighted by Gasteiger charge is 2.13. The Morgan fingerprint density at radius 1 is 1.35 bits per heavy atom. The largest absolute Gasteiger partial charge is 0.379 e. The predicted molar refractivity (Wildman–Crippen MR) is 61.5 cm³/mol. The first-order valence-corrected chi connectivity index (χ1v) is 5.68. The fourth-order valence-corrected chi connectivity index (χ4v) is 1.91. The number of rotatable bonds is 4. The van der Waals surface area contributed by atoms with Crippen LogP contribution in [0.3, 0.4) is 0 Å². The van der Waals surface area contributed by atoms with E-state index in [2.05, 4.69) is 9.74 Å². The molecule has 1 heterocycles. The molecule has 0 aromatic heterocycles. The second-order valence-corrected chi connectivity index (χ2v) is 4.13. The number of halogens is 1. The second-order valence-electron chi connectivity index (χ2n) is 4.13. The van der Waals surface area contributed by atoms with E-state index in [0.29, 0.717) is 12.1 Å². The molecule has 0 amide bonds. The summed E-state index contributed by atoms with van der Waals surface area (Å²) < 4.78 is 19.0. The van der Waals surface area contributed by atoms with Crippen LogP contribution in [0.2, 0.25) is 0 Å². The fraction of sp³-hybridized carbons (Fsp3) is 0.500. The molecule has 94 valence electrons. The Morgan fingerprint density at radius 2 is 2.12 bits per heavy atom. The van der Waals surface area contributed by atoms with Gasteiger partial charge in [-0.2, -0.15) is 0 Å². The van der Waals surface area contributed by atoms with Crippen LogP contribution in [0, 0.1) is 5.82 Å². The summed E-state index contributed by atoms with van der Waals surface area (Å²) in [7, 11) is 0. The highest BCUT2D eigenvalue weighted by Crippen LogP contribution is 2.14. The third-order valence-corrected chi connectivity index (χ3v) is 2.87.